The maximum absolute atomic E-state index is 12.3. The molecule has 2 aromatic carbocycles. The van der Waals surface area contributed by atoms with Gasteiger partial charge >= 0.3 is 0 Å². The van der Waals surface area contributed by atoms with Crippen LogP contribution < -0.4 is 10.2 Å². The van der Waals surface area contributed by atoms with Gasteiger partial charge in [-0.3, -0.25) is 4.79 Å². The summed E-state index contributed by atoms with van der Waals surface area (Å²) in [5.41, 5.74) is 5.48. The summed E-state index contributed by atoms with van der Waals surface area (Å²) >= 11 is 1.38. The molecule has 0 saturated carbocycles. The van der Waals surface area contributed by atoms with Gasteiger partial charge in [0, 0.05) is 18.8 Å². The zero-order chi connectivity index (χ0) is 19.4. The van der Waals surface area contributed by atoms with E-state index in [2.05, 4.69) is 55.0 Å². The number of amides is 1. The van der Waals surface area contributed by atoms with Gasteiger partial charge in [0.15, 0.2) is 5.17 Å². The lowest BCUT2D eigenvalue weighted by Crippen LogP contribution is -2.21. The van der Waals surface area contributed by atoms with E-state index in [-0.39, 0.29) is 5.91 Å². The molecule has 1 aliphatic rings. The van der Waals surface area contributed by atoms with Crippen LogP contribution in [0.1, 0.15) is 30.5 Å². The molecule has 0 atom stereocenters. The van der Waals surface area contributed by atoms with Gasteiger partial charge in [0.1, 0.15) is 0 Å². The van der Waals surface area contributed by atoms with Crippen LogP contribution in [0.2, 0.25) is 0 Å². The van der Waals surface area contributed by atoms with E-state index in [1.165, 1.54) is 28.6 Å². The smallest absolute Gasteiger partial charge is 0.264 e. The van der Waals surface area contributed by atoms with Crippen LogP contribution >= 0.6 is 11.8 Å². The Morgan fingerprint density at radius 3 is 2.37 bits per heavy atom. The predicted molar refractivity (Wildman–Crippen MR) is 117 cm³/mol. The van der Waals surface area contributed by atoms with E-state index in [1.54, 1.807) is 0 Å². The maximum atomic E-state index is 12.3. The van der Waals surface area contributed by atoms with E-state index in [0.717, 1.165) is 24.3 Å². The van der Waals surface area contributed by atoms with Crippen molar-refractivity contribution in [2.45, 2.75) is 27.7 Å². The van der Waals surface area contributed by atoms with Crippen LogP contribution in [0.5, 0.6) is 0 Å². The minimum atomic E-state index is -0.101. The molecular formula is C22H25N3OS. The van der Waals surface area contributed by atoms with Gasteiger partial charge in [0.2, 0.25) is 0 Å². The van der Waals surface area contributed by atoms with Gasteiger partial charge < -0.3 is 10.2 Å². The SMILES string of the molecule is CCN(CC)c1ccc(/C=C2/SC(=Nc3ccc(C)c(C)c3)NC2=O)cc1. The van der Waals surface area contributed by atoms with Crippen molar-refractivity contribution in [1.29, 1.82) is 0 Å². The van der Waals surface area contributed by atoms with Crippen molar-refractivity contribution in [2.24, 2.45) is 4.99 Å². The summed E-state index contributed by atoms with van der Waals surface area (Å²) in [5.74, 6) is -0.101. The van der Waals surface area contributed by atoms with Crippen LogP contribution in [0.15, 0.2) is 52.4 Å². The highest BCUT2D eigenvalue weighted by Gasteiger charge is 2.23. The maximum Gasteiger partial charge on any atom is 0.264 e. The fourth-order valence-electron chi connectivity index (χ4n) is 2.91. The molecule has 2 aromatic rings. The van der Waals surface area contributed by atoms with Gasteiger partial charge in [-0.2, -0.15) is 0 Å². The van der Waals surface area contributed by atoms with Crippen LogP contribution in [0.3, 0.4) is 0 Å². The van der Waals surface area contributed by atoms with E-state index < -0.39 is 0 Å². The summed E-state index contributed by atoms with van der Waals surface area (Å²) in [6, 6.07) is 14.3. The number of hydrogen-bond acceptors (Lipinski definition) is 4. The molecule has 5 heteroatoms. The van der Waals surface area contributed by atoms with Crippen molar-refractivity contribution in [1.82, 2.24) is 5.32 Å². The number of amidine groups is 1. The van der Waals surface area contributed by atoms with Crippen LogP contribution in [0.4, 0.5) is 11.4 Å². The molecule has 0 aromatic heterocycles. The van der Waals surface area contributed by atoms with Crippen LogP contribution in [-0.2, 0) is 4.79 Å². The van der Waals surface area contributed by atoms with Gasteiger partial charge in [0.05, 0.1) is 10.6 Å². The number of benzene rings is 2. The Hall–Kier alpha value is -2.53. The second-order valence-corrected chi connectivity index (χ2v) is 7.54. The lowest BCUT2D eigenvalue weighted by Gasteiger charge is -2.20. The van der Waals surface area contributed by atoms with Gasteiger partial charge in [0.25, 0.3) is 5.91 Å². The monoisotopic (exact) mass is 379 g/mol. The first-order valence-corrected chi connectivity index (χ1v) is 10.0. The van der Waals surface area contributed by atoms with E-state index >= 15 is 0 Å². The Bertz CT molecular complexity index is 896. The first-order valence-electron chi connectivity index (χ1n) is 9.22. The Morgan fingerprint density at radius 1 is 1.04 bits per heavy atom. The summed E-state index contributed by atoms with van der Waals surface area (Å²) in [5, 5.41) is 3.47. The summed E-state index contributed by atoms with van der Waals surface area (Å²) in [7, 11) is 0. The van der Waals surface area contributed by atoms with E-state index in [0.29, 0.717) is 10.1 Å². The number of aliphatic imine (C=N–C) groups is 1. The number of rotatable bonds is 5. The molecule has 140 valence electrons. The highest BCUT2D eigenvalue weighted by Crippen LogP contribution is 2.29. The first kappa shape index (κ1) is 19.2. The number of nitrogens with zero attached hydrogens (tertiary/aromatic N) is 2. The molecule has 3 rings (SSSR count). The van der Waals surface area contributed by atoms with Crippen molar-refractivity contribution in [2.75, 3.05) is 18.0 Å². The quantitative estimate of drug-likeness (QED) is 0.740. The molecule has 1 saturated heterocycles. The highest BCUT2D eigenvalue weighted by molar-refractivity contribution is 8.18. The molecule has 0 unspecified atom stereocenters. The number of aryl methyl sites for hydroxylation is 2. The number of carbonyl (C=O) groups excluding carboxylic acids is 1. The highest BCUT2D eigenvalue weighted by atomic mass is 32.2. The largest absolute Gasteiger partial charge is 0.372 e. The normalized spacial score (nSPS) is 16.8. The number of thioether (sulfide) groups is 1. The Balaban J connectivity index is 1.76. The fraction of sp³-hybridized carbons (Fsp3) is 0.273. The molecule has 1 N–H and O–H groups in total. The molecule has 1 fully saturated rings. The molecule has 0 bridgehead atoms. The number of carbonyl (C=O) groups is 1. The molecule has 0 radical (unpaired) electrons. The second kappa shape index (κ2) is 8.44. The number of nitrogens with one attached hydrogen (secondary N) is 1. The third-order valence-corrected chi connectivity index (χ3v) is 5.60. The van der Waals surface area contributed by atoms with Crippen molar-refractivity contribution in [3.8, 4) is 0 Å². The van der Waals surface area contributed by atoms with E-state index in [9.17, 15) is 4.79 Å². The Kier molecular flexibility index (Phi) is 6.01. The van der Waals surface area contributed by atoms with Crippen LogP contribution in [0, 0.1) is 13.8 Å². The van der Waals surface area contributed by atoms with Crippen molar-refractivity contribution < 1.29 is 4.79 Å². The summed E-state index contributed by atoms with van der Waals surface area (Å²) in [6.07, 6.45) is 1.91. The lowest BCUT2D eigenvalue weighted by molar-refractivity contribution is -0.115. The number of anilines is 1. The second-order valence-electron chi connectivity index (χ2n) is 6.51. The van der Waals surface area contributed by atoms with Crippen molar-refractivity contribution in [3.05, 3.63) is 64.1 Å². The summed E-state index contributed by atoms with van der Waals surface area (Å²) in [6.45, 7) is 10.4. The molecule has 0 aliphatic carbocycles. The molecule has 1 aliphatic heterocycles. The minimum absolute atomic E-state index is 0.101. The van der Waals surface area contributed by atoms with Gasteiger partial charge in [-0.05, 0) is 86.5 Å². The van der Waals surface area contributed by atoms with Gasteiger partial charge in [-0.15, -0.1) is 0 Å². The predicted octanol–water partition coefficient (Wildman–Crippen LogP) is 5.04. The standard InChI is InChI=1S/C22H25N3OS/c1-5-25(6-2)19-11-8-17(9-12-19)14-20-21(26)24-22(27-20)23-18-10-7-15(3)16(4)13-18/h7-14H,5-6H2,1-4H3,(H,23,24,26)/b20-14+. The molecule has 0 spiro atoms. The molecular weight excluding hydrogens is 354 g/mol. The zero-order valence-electron chi connectivity index (χ0n) is 16.2. The Labute approximate surface area is 165 Å². The third-order valence-electron chi connectivity index (χ3n) is 4.69. The average molecular weight is 380 g/mol. The molecule has 1 heterocycles. The topological polar surface area (TPSA) is 44.7 Å². The van der Waals surface area contributed by atoms with E-state index in [4.69, 9.17) is 0 Å². The van der Waals surface area contributed by atoms with E-state index in [1.807, 2.05) is 36.4 Å². The minimum Gasteiger partial charge on any atom is -0.372 e. The molecule has 1 amide bonds. The zero-order valence-corrected chi connectivity index (χ0v) is 17.1. The van der Waals surface area contributed by atoms with Crippen molar-refractivity contribution >= 4 is 40.3 Å². The van der Waals surface area contributed by atoms with Gasteiger partial charge in [-0.25, -0.2) is 4.99 Å². The summed E-state index contributed by atoms with van der Waals surface area (Å²) < 4.78 is 0. The van der Waals surface area contributed by atoms with Gasteiger partial charge in [-0.1, -0.05) is 18.2 Å². The first-order chi connectivity index (χ1) is 13.0. The summed E-state index contributed by atoms with van der Waals surface area (Å²) in [4.78, 5) is 19.8. The average Bonchev–Trinajstić information content (AvgIpc) is 2.99. The Morgan fingerprint density at radius 2 is 1.74 bits per heavy atom. The molecule has 27 heavy (non-hydrogen) atoms. The van der Waals surface area contributed by atoms with Crippen LogP contribution in [-0.4, -0.2) is 24.2 Å². The molecule has 4 nitrogen and oxygen atoms in total. The van der Waals surface area contributed by atoms with Crippen molar-refractivity contribution in [3.63, 3.8) is 0 Å². The lowest BCUT2D eigenvalue weighted by atomic mass is 10.1. The number of hydrogen-bond donors (Lipinski definition) is 1. The van der Waals surface area contributed by atoms with Crippen LogP contribution in [0.25, 0.3) is 6.08 Å². The third kappa shape index (κ3) is 4.61. The fourth-order valence-corrected chi connectivity index (χ4v) is 3.76.